The molecule has 1 amide bonds. The number of nitrogens with two attached hydrogens (primary N) is 1. The number of carbonyl (C=O) groups excluding carboxylic acids is 1. The number of hydrogen-bond acceptors (Lipinski definition) is 6. The van der Waals surface area contributed by atoms with Gasteiger partial charge in [-0.25, -0.2) is 15.6 Å². The van der Waals surface area contributed by atoms with Crippen LogP contribution in [0.3, 0.4) is 0 Å². The first-order valence-corrected chi connectivity index (χ1v) is 8.57. The fourth-order valence-electron chi connectivity index (χ4n) is 3.13. The third-order valence-electron chi connectivity index (χ3n) is 4.23. The Morgan fingerprint density at radius 1 is 1.37 bits per heavy atom. The van der Waals surface area contributed by atoms with Crippen molar-refractivity contribution in [1.82, 2.24) is 15.2 Å². The van der Waals surface area contributed by atoms with Crippen molar-refractivity contribution in [2.45, 2.75) is 57.5 Å². The third kappa shape index (κ3) is 5.70. The summed E-state index contributed by atoms with van der Waals surface area (Å²) < 4.78 is 46.5. The van der Waals surface area contributed by atoms with Crippen molar-refractivity contribution in [3.63, 3.8) is 0 Å². The molecule has 2 heterocycles. The van der Waals surface area contributed by atoms with Gasteiger partial charge in [0.1, 0.15) is 17.5 Å². The molecule has 152 valence electrons. The van der Waals surface area contributed by atoms with Crippen molar-refractivity contribution < 1.29 is 22.7 Å². The highest BCUT2D eigenvalue weighted by molar-refractivity contribution is 5.68. The number of anilines is 1. The number of likely N-dealkylation sites (tertiary alicyclic amines) is 1. The van der Waals surface area contributed by atoms with Crippen LogP contribution >= 0.6 is 0 Å². The van der Waals surface area contributed by atoms with Gasteiger partial charge in [0.2, 0.25) is 0 Å². The predicted octanol–water partition coefficient (Wildman–Crippen LogP) is 2.96. The van der Waals surface area contributed by atoms with E-state index in [2.05, 4.69) is 15.7 Å². The number of amides is 1. The Labute approximate surface area is 156 Å². The lowest BCUT2D eigenvalue weighted by molar-refractivity contribution is -0.184. The lowest BCUT2D eigenvalue weighted by Gasteiger charge is -2.32. The van der Waals surface area contributed by atoms with Crippen LogP contribution in [0.2, 0.25) is 0 Å². The number of nitrogens with one attached hydrogen (secondary N) is 2. The van der Waals surface area contributed by atoms with E-state index in [1.54, 1.807) is 27.7 Å². The molecule has 2 rings (SSSR count). The first kappa shape index (κ1) is 21.2. The van der Waals surface area contributed by atoms with Crippen LogP contribution in [0.1, 0.15) is 45.7 Å². The van der Waals surface area contributed by atoms with E-state index >= 15 is 0 Å². The first-order valence-electron chi connectivity index (χ1n) is 8.57. The van der Waals surface area contributed by atoms with Gasteiger partial charge < -0.3 is 15.5 Å². The molecule has 7 nitrogen and oxygen atoms in total. The quantitative estimate of drug-likeness (QED) is 0.542. The summed E-state index contributed by atoms with van der Waals surface area (Å²) in [6, 6.07) is 0.915. The minimum Gasteiger partial charge on any atom is -0.444 e. The van der Waals surface area contributed by atoms with Gasteiger partial charge in [0.05, 0.1) is 5.54 Å². The van der Waals surface area contributed by atoms with Gasteiger partial charge in [-0.05, 0) is 45.7 Å². The summed E-state index contributed by atoms with van der Waals surface area (Å²) in [5.74, 6) is 5.49. The maximum absolute atomic E-state index is 13.8. The summed E-state index contributed by atoms with van der Waals surface area (Å²) in [6.07, 6.45) is -3.61. The molecule has 1 fully saturated rings. The van der Waals surface area contributed by atoms with Gasteiger partial charge in [0.15, 0.2) is 0 Å². The van der Waals surface area contributed by atoms with E-state index in [0.717, 1.165) is 6.20 Å². The van der Waals surface area contributed by atoms with E-state index in [4.69, 9.17) is 10.6 Å². The van der Waals surface area contributed by atoms with Crippen molar-refractivity contribution in [1.29, 1.82) is 0 Å². The summed E-state index contributed by atoms with van der Waals surface area (Å²) in [6.45, 7) is 7.10. The Kier molecular flexibility index (Phi) is 5.91. The second-order valence-corrected chi connectivity index (χ2v) is 7.97. The molecule has 0 aromatic carbocycles. The second kappa shape index (κ2) is 7.51. The summed E-state index contributed by atoms with van der Waals surface area (Å²) >= 11 is 0. The van der Waals surface area contributed by atoms with Gasteiger partial charge in [0.25, 0.3) is 0 Å². The molecular formula is C17H26F3N5O2. The number of nitrogens with zero attached hydrogens (tertiary/aromatic N) is 2. The largest absolute Gasteiger partial charge is 0.444 e. The standard InChI is InChI=1S/C17H26F3N5O2/c1-15(2,3)27-14(26)23-16(4)7-8-25(10-16)13(17(18,19)20)11-5-6-12(24-21)22-9-11/h5-6,9,13H,7-8,10,21H2,1-4H3,(H,22,24)(H,23,26)/t13-,16+/m0/s1. The van der Waals surface area contributed by atoms with Crippen LogP contribution in [0.15, 0.2) is 18.3 Å². The average Bonchev–Trinajstić information content (AvgIpc) is 2.85. The number of halogens is 3. The van der Waals surface area contributed by atoms with Gasteiger partial charge in [-0.1, -0.05) is 6.07 Å². The van der Waals surface area contributed by atoms with E-state index in [1.165, 1.54) is 17.0 Å². The van der Waals surface area contributed by atoms with Crippen LogP contribution in [0, 0.1) is 0 Å². The molecule has 4 N–H and O–H groups in total. The zero-order valence-corrected chi connectivity index (χ0v) is 15.9. The van der Waals surface area contributed by atoms with E-state index in [1.807, 2.05) is 0 Å². The molecule has 0 saturated carbocycles. The molecule has 1 aliphatic rings. The number of pyridine rings is 1. The molecule has 1 aromatic heterocycles. The predicted molar refractivity (Wildman–Crippen MR) is 94.8 cm³/mol. The number of aromatic nitrogens is 1. The minimum absolute atomic E-state index is 0.0167. The number of rotatable bonds is 4. The Balaban J connectivity index is 2.15. The second-order valence-electron chi connectivity index (χ2n) is 7.97. The number of hydrazine groups is 1. The molecule has 0 radical (unpaired) electrons. The lowest BCUT2D eigenvalue weighted by Crippen LogP contribution is -2.50. The number of carbonyl (C=O) groups is 1. The summed E-state index contributed by atoms with van der Waals surface area (Å²) in [5, 5.41) is 2.71. The third-order valence-corrected chi connectivity index (χ3v) is 4.23. The van der Waals surface area contributed by atoms with Crippen LogP contribution in [0.25, 0.3) is 0 Å². The number of nitrogen functional groups attached to an aromatic ring is 1. The molecule has 2 atom stereocenters. The Hall–Kier alpha value is -2.07. The summed E-state index contributed by atoms with van der Waals surface area (Å²) in [5.41, 5.74) is 0.800. The SMILES string of the molecule is CC(C)(C)OC(=O)N[C@]1(C)CCN([C@@H](c2ccc(NN)nc2)C(F)(F)F)C1. The van der Waals surface area contributed by atoms with Crippen molar-refractivity contribution in [3.8, 4) is 0 Å². The van der Waals surface area contributed by atoms with E-state index < -0.39 is 29.5 Å². The molecule has 27 heavy (non-hydrogen) atoms. The smallest absolute Gasteiger partial charge is 0.408 e. The fraction of sp³-hybridized carbons (Fsp3) is 0.647. The summed E-state index contributed by atoms with van der Waals surface area (Å²) in [7, 11) is 0. The monoisotopic (exact) mass is 389 g/mol. The highest BCUT2D eigenvalue weighted by atomic mass is 19.4. The maximum atomic E-state index is 13.8. The van der Waals surface area contributed by atoms with Crippen molar-refractivity contribution >= 4 is 11.9 Å². The van der Waals surface area contributed by atoms with Crippen LogP contribution in [-0.4, -0.2) is 46.4 Å². The molecular weight excluding hydrogens is 363 g/mol. The fourth-order valence-corrected chi connectivity index (χ4v) is 3.13. The van der Waals surface area contributed by atoms with Gasteiger partial charge in [-0.15, -0.1) is 0 Å². The number of hydrogen-bond donors (Lipinski definition) is 3. The zero-order valence-electron chi connectivity index (χ0n) is 15.9. The zero-order chi connectivity index (χ0) is 20.5. The molecule has 0 aliphatic carbocycles. The van der Waals surface area contributed by atoms with Gasteiger partial charge in [0, 0.05) is 19.3 Å². The molecule has 0 unspecified atom stereocenters. The molecule has 1 aliphatic heterocycles. The summed E-state index contributed by atoms with van der Waals surface area (Å²) in [4.78, 5) is 17.2. The molecule has 10 heteroatoms. The van der Waals surface area contributed by atoms with Crippen molar-refractivity contribution in [2.75, 3.05) is 18.5 Å². The van der Waals surface area contributed by atoms with Crippen molar-refractivity contribution in [2.24, 2.45) is 5.84 Å². The van der Waals surface area contributed by atoms with Crippen LogP contribution < -0.4 is 16.6 Å². The maximum Gasteiger partial charge on any atom is 0.408 e. The highest BCUT2D eigenvalue weighted by Crippen LogP contribution is 2.41. The van der Waals surface area contributed by atoms with Crippen LogP contribution in [0.4, 0.5) is 23.8 Å². The molecule has 0 bridgehead atoms. The number of ether oxygens (including phenoxy) is 1. The normalized spacial score (nSPS) is 22.4. The molecule has 1 aromatic rings. The first-order chi connectivity index (χ1) is 12.3. The molecule has 0 spiro atoms. The Bertz CT molecular complexity index is 660. The average molecular weight is 389 g/mol. The number of alkyl carbamates (subject to hydrolysis) is 1. The minimum atomic E-state index is -4.49. The van der Waals surface area contributed by atoms with E-state index in [0.29, 0.717) is 6.42 Å². The lowest BCUT2D eigenvalue weighted by atomic mass is 10.0. The highest BCUT2D eigenvalue weighted by Gasteiger charge is 2.49. The molecule has 1 saturated heterocycles. The number of alkyl halides is 3. The van der Waals surface area contributed by atoms with Gasteiger partial charge in [-0.3, -0.25) is 4.90 Å². The topological polar surface area (TPSA) is 92.5 Å². The van der Waals surface area contributed by atoms with Crippen molar-refractivity contribution in [3.05, 3.63) is 23.9 Å². The van der Waals surface area contributed by atoms with Crippen LogP contribution in [0.5, 0.6) is 0 Å². The van der Waals surface area contributed by atoms with Crippen LogP contribution in [-0.2, 0) is 4.74 Å². The van der Waals surface area contributed by atoms with Gasteiger partial charge in [-0.2, -0.15) is 13.2 Å². The van der Waals surface area contributed by atoms with E-state index in [9.17, 15) is 18.0 Å². The van der Waals surface area contributed by atoms with E-state index in [-0.39, 0.29) is 24.5 Å². The Morgan fingerprint density at radius 2 is 2.04 bits per heavy atom. The van der Waals surface area contributed by atoms with Gasteiger partial charge >= 0.3 is 12.3 Å². The Morgan fingerprint density at radius 3 is 2.52 bits per heavy atom.